The predicted octanol–water partition coefficient (Wildman–Crippen LogP) is 2.28. The maximum Gasteiger partial charge on any atom is 0.224 e. The van der Waals surface area contributed by atoms with Gasteiger partial charge in [0.25, 0.3) is 0 Å². The van der Waals surface area contributed by atoms with Crippen LogP contribution in [0.25, 0.3) is 0 Å². The lowest BCUT2D eigenvalue weighted by atomic mass is 9.93. The van der Waals surface area contributed by atoms with Gasteiger partial charge in [-0.1, -0.05) is 13.8 Å². The standard InChI is InChI=1S/C12H22BrN5/c1-12(2,8-18(4)5)7-16-10-9(13)6-15-11(14-3)17-10/h6H,7-8H2,1-5H3,(H2,14,15,16,17). The van der Waals surface area contributed by atoms with Crippen molar-refractivity contribution in [2.75, 3.05) is 44.9 Å². The van der Waals surface area contributed by atoms with Crippen LogP contribution in [-0.4, -0.2) is 49.1 Å². The molecule has 0 unspecified atom stereocenters. The molecule has 0 aliphatic heterocycles. The van der Waals surface area contributed by atoms with Crippen molar-refractivity contribution in [3.05, 3.63) is 10.7 Å². The molecule has 1 rings (SSSR count). The van der Waals surface area contributed by atoms with E-state index < -0.39 is 0 Å². The van der Waals surface area contributed by atoms with Crippen LogP contribution in [0.15, 0.2) is 10.7 Å². The molecule has 0 aliphatic rings. The van der Waals surface area contributed by atoms with E-state index in [4.69, 9.17) is 0 Å². The number of hydrogen-bond acceptors (Lipinski definition) is 5. The molecule has 18 heavy (non-hydrogen) atoms. The monoisotopic (exact) mass is 315 g/mol. The maximum atomic E-state index is 4.38. The molecular weight excluding hydrogens is 294 g/mol. The molecule has 1 aromatic heterocycles. The van der Waals surface area contributed by atoms with E-state index in [2.05, 4.69) is 69.4 Å². The summed E-state index contributed by atoms with van der Waals surface area (Å²) in [6.45, 7) is 6.33. The summed E-state index contributed by atoms with van der Waals surface area (Å²) in [6, 6.07) is 0. The van der Waals surface area contributed by atoms with E-state index in [1.807, 2.05) is 7.05 Å². The molecule has 0 amide bonds. The highest BCUT2D eigenvalue weighted by Gasteiger charge is 2.19. The van der Waals surface area contributed by atoms with E-state index in [0.717, 1.165) is 23.4 Å². The zero-order valence-corrected chi connectivity index (χ0v) is 13.3. The van der Waals surface area contributed by atoms with Crippen molar-refractivity contribution in [1.82, 2.24) is 14.9 Å². The third-order valence-corrected chi connectivity index (χ3v) is 3.03. The van der Waals surface area contributed by atoms with E-state index >= 15 is 0 Å². The molecule has 1 heterocycles. The first-order valence-electron chi connectivity index (χ1n) is 5.93. The van der Waals surface area contributed by atoms with Crippen molar-refractivity contribution in [2.45, 2.75) is 13.8 Å². The van der Waals surface area contributed by atoms with Crippen molar-refractivity contribution in [3.8, 4) is 0 Å². The van der Waals surface area contributed by atoms with Gasteiger partial charge in [0.1, 0.15) is 5.82 Å². The van der Waals surface area contributed by atoms with Gasteiger partial charge in [0, 0.05) is 26.3 Å². The van der Waals surface area contributed by atoms with Crippen LogP contribution in [0, 0.1) is 5.41 Å². The molecule has 0 bridgehead atoms. The molecule has 0 spiro atoms. The van der Waals surface area contributed by atoms with E-state index in [-0.39, 0.29) is 5.41 Å². The second-order valence-corrected chi connectivity index (χ2v) is 6.25. The van der Waals surface area contributed by atoms with Crippen molar-refractivity contribution < 1.29 is 0 Å². The summed E-state index contributed by atoms with van der Waals surface area (Å²) in [5, 5.41) is 6.30. The Labute approximate surface area is 118 Å². The number of halogens is 1. The Kier molecular flexibility index (Phi) is 5.34. The fourth-order valence-electron chi connectivity index (χ4n) is 1.85. The van der Waals surface area contributed by atoms with E-state index in [1.54, 1.807) is 6.20 Å². The van der Waals surface area contributed by atoms with Crippen molar-refractivity contribution in [1.29, 1.82) is 0 Å². The fraction of sp³-hybridized carbons (Fsp3) is 0.667. The highest BCUT2D eigenvalue weighted by molar-refractivity contribution is 9.10. The zero-order chi connectivity index (χ0) is 13.8. The van der Waals surface area contributed by atoms with Gasteiger partial charge in [-0.2, -0.15) is 4.98 Å². The smallest absolute Gasteiger partial charge is 0.224 e. The number of anilines is 2. The summed E-state index contributed by atoms with van der Waals surface area (Å²) in [6.07, 6.45) is 1.75. The molecule has 102 valence electrons. The summed E-state index contributed by atoms with van der Waals surface area (Å²) in [5.74, 6) is 1.44. The molecule has 0 aromatic carbocycles. The lowest BCUT2D eigenvalue weighted by Gasteiger charge is -2.28. The summed E-state index contributed by atoms with van der Waals surface area (Å²) >= 11 is 3.45. The van der Waals surface area contributed by atoms with Gasteiger partial charge in [0.15, 0.2) is 0 Å². The summed E-state index contributed by atoms with van der Waals surface area (Å²) in [7, 11) is 5.98. The van der Waals surface area contributed by atoms with Gasteiger partial charge in [-0.05, 0) is 35.4 Å². The minimum Gasteiger partial charge on any atom is -0.368 e. The van der Waals surface area contributed by atoms with Crippen molar-refractivity contribution in [3.63, 3.8) is 0 Å². The molecule has 0 radical (unpaired) electrons. The molecule has 0 saturated carbocycles. The lowest BCUT2D eigenvalue weighted by Crippen LogP contribution is -2.34. The molecular formula is C12H22BrN5. The molecule has 0 fully saturated rings. The zero-order valence-electron chi connectivity index (χ0n) is 11.7. The van der Waals surface area contributed by atoms with E-state index in [1.165, 1.54) is 0 Å². The SMILES string of the molecule is CNc1ncc(Br)c(NCC(C)(C)CN(C)C)n1. The molecule has 0 saturated heterocycles. The maximum absolute atomic E-state index is 4.38. The van der Waals surface area contributed by atoms with Crippen LogP contribution in [0.2, 0.25) is 0 Å². The lowest BCUT2D eigenvalue weighted by molar-refractivity contribution is 0.254. The number of nitrogens with zero attached hydrogens (tertiary/aromatic N) is 3. The van der Waals surface area contributed by atoms with Gasteiger partial charge in [0.05, 0.1) is 4.47 Å². The molecule has 6 heteroatoms. The Bertz CT molecular complexity index is 392. The van der Waals surface area contributed by atoms with Gasteiger partial charge < -0.3 is 15.5 Å². The van der Waals surface area contributed by atoms with Crippen LogP contribution in [0.3, 0.4) is 0 Å². The minimum absolute atomic E-state index is 0.174. The first-order chi connectivity index (χ1) is 8.34. The summed E-state index contributed by atoms with van der Waals surface area (Å²) in [4.78, 5) is 10.7. The van der Waals surface area contributed by atoms with Crippen LogP contribution in [0.4, 0.5) is 11.8 Å². The second kappa shape index (κ2) is 6.33. The summed E-state index contributed by atoms with van der Waals surface area (Å²) in [5.41, 5.74) is 0.174. The molecule has 5 nitrogen and oxygen atoms in total. The van der Waals surface area contributed by atoms with Crippen molar-refractivity contribution >= 4 is 27.7 Å². The van der Waals surface area contributed by atoms with Crippen molar-refractivity contribution in [2.24, 2.45) is 5.41 Å². The third kappa shape index (κ3) is 4.78. The second-order valence-electron chi connectivity index (χ2n) is 5.40. The van der Waals surface area contributed by atoms with E-state index in [0.29, 0.717) is 5.95 Å². The predicted molar refractivity (Wildman–Crippen MR) is 80.1 cm³/mol. The van der Waals surface area contributed by atoms with Gasteiger partial charge in [-0.3, -0.25) is 0 Å². The highest BCUT2D eigenvalue weighted by Crippen LogP contribution is 2.23. The molecule has 2 N–H and O–H groups in total. The van der Waals surface area contributed by atoms with Crippen LogP contribution in [0.5, 0.6) is 0 Å². The quantitative estimate of drug-likeness (QED) is 0.843. The first-order valence-corrected chi connectivity index (χ1v) is 6.72. The minimum atomic E-state index is 0.174. The Morgan fingerprint density at radius 2 is 2.06 bits per heavy atom. The normalized spacial score (nSPS) is 11.7. The number of rotatable bonds is 6. The van der Waals surface area contributed by atoms with E-state index in [9.17, 15) is 0 Å². The number of hydrogen-bond donors (Lipinski definition) is 2. The molecule has 0 aliphatic carbocycles. The molecule has 1 aromatic rings. The van der Waals surface area contributed by atoms with Crippen LogP contribution in [-0.2, 0) is 0 Å². The first kappa shape index (κ1) is 15.2. The Morgan fingerprint density at radius 1 is 1.39 bits per heavy atom. The molecule has 0 atom stereocenters. The fourth-order valence-corrected chi connectivity index (χ4v) is 2.18. The third-order valence-electron chi connectivity index (χ3n) is 2.45. The van der Waals surface area contributed by atoms with Gasteiger partial charge in [-0.15, -0.1) is 0 Å². The largest absolute Gasteiger partial charge is 0.368 e. The number of aromatic nitrogens is 2. The van der Waals surface area contributed by atoms with Crippen LogP contribution >= 0.6 is 15.9 Å². The Morgan fingerprint density at radius 3 is 2.61 bits per heavy atom. The number of nitrogens with one attached hydrogen (secondary N) is 2. The van der Waals surface area contributed by atoms with Crippen LogP contribution < -0.4 is 10.6 Å². The average Bonchev–Trinajstić information content (AvgIpc) is 2.26. The Hall–Kier alpha value is -0.880. The summed E-state index contributed by atoms with van der Waals surface area (Å²) < 4.78 is 0.877. The van der Waals surface area contributed by atoms with Gasteiger partial charge >= 0.3 is 0 Å². The highest BCUT2D eigenvalue weighted by atomic mass is 79.9. The van der Waals surface area contributed by atoms with Crippen LogP contribution in [0.1, 0.15) is 13.8 Å². The average molecular weight is 316 g/mol. The Balaban J connectivity index is 2.67. The van der Waals surface area contributed by atoms with Gasteiger partial charge in [-0.25, -0.2) is 4.98 Å². The van der Waals surface area contributed by atoms with Gasteiger partial charge in [0.2, 0.25) is 5.95 Å². The topological polar surface area (TPSA) is 53.1 Å².